The molecule has 2 N–H and O–H groups in total. The smallest absolute Gasteiger partial charge is 0.333 e. The van der Waals surface area contributed by atoms with Gasteiger partial charge in [-0.05, 0) is 6.92 Å². The normalized spacial score (nSPS) is 22.4. The Bertz CT molecular complexity index is 526. The van der Waals surface area contributed by atoms with E-state index in [9.17, 15) is 14.9 Å². The van der Waals surface area contributed by atoms with Gasteiger partial charge in [-0.25, -0.2) is 4.68 Å². The molecule has 104 valence electrons. The number of aliphatic carboxylic acids is 1. The van der Waals surface area contributed by atoms with Crippen LogP contribution in [0, 0.1) is 23.0 Å². The number of carbonyl (C=O) groups is 1. The molecule has 1 aromatic heterocycles. The van der Waals surface area contributed by atoms with Gasteiger partial charge in [-0.2, -0.15) is 5.10 Å². The number of nitro groups is 1. The molecule has 2 rings (SSSR count). The molecule has 2 unspecified atom stereocenters. The molecule has 19 heavy (non-hydrogen) atoms. The second-order valence-electron chi connectivity index (χ2n) is 4.40. The van der Waals surface area contributed by atoms with E-state index in [-0.39, 0.29) is 30.4 Å². The van der Waals surface area contributed by atoms with Crippen molar-refractivity contribution in [3.8, 4) is 0 Å². The lowest BCUT2D eigenvalue weighted by molar-refractivity contribution is -0.384. The molecule has 2 atom stereocenters. The van der Waals surface area contributed by atoms with Crippen LogP contribution in [-0.4, -0.2) is 45.0 Å². The molecule has 1 saturated heterocycles. The van der Waals surface area contributed by atoms with Crippen molar-refractivity contribution in [1.82, 2.24) is 9.78 Å². The minimum absolute atomic E-state index is 0.0949. The van der Waals surface area contributed by atoms with Gasteiger partial charge in [0.05, 0.1) is 24.2 Å². The first kappa shape index (κ1) is 13.3. The fourth-order valence-electron chi connectivity index (χ4n) is 2.14. The van der Waals surface area contributed by atoms with Crippen LogP contribution in [0.25, 0.3) is 0 Å². The summed E-state index contributed by atoms with van der Waals surface area (Å²) in [5, 5.41) is 26.9. The predicted octanol–water partition coefficient (Wildman–Crippen LogP) is 0.148. The van der Waals surface area contributed by atoms with Crippen molar-refractivity contribution in [2.24, 2.45) is 13.0 Å². The van der Waals surface area contributed by atoms with Crippen molar-refractivity contribution >= 4 is 17.5 Å². The summed E-state index contributed by atoms with van der Waals surface area (Å²) >= 11 is 0. The van der Waals surface area contributed by atoms with Gasteiger partial charge in [-0.1, -0.05) is 0 Å². The number of carboxylic acids is 1. The van der Waals surface area contributed by atoms with Gasteiger partial charge < -0.3 is 15.2 Å². The highest BCUT2D eigenvalue weighted by atomic mass is 16.6. The Morgan fingerprint density at radius 3 is 2.89 bits per heavy atom. The molecule has 0 aliphatic carbocycles. The molecule has 1 aliphatic heterocycles. The highest BCUT2D eigenvalue weighted by Gasteiger charge is 2.36. The molecular weight excluding hydrogens is 256 g/mol. The lowest BCUT2D eigenvalue weighted by Gasteiger charge is -2.16. The summed E-state index contributed by atoms with van der Waals surface area (Å²) in [6.07, 6.45) is 0. The minimum atomic E-state index is -0.989. The van der Waals surface area contributed by atoms with Crippen LogP contribution in [0.15, 0.2) is 0 Å². The molecular formula is C10H14N4O5. The Morgan fingerprint density at radius 2 is 2.32 bits per heavy atom. The number of hydrogen-bond acceptors (Lipinski definition) is 6. The van der Waals surface area contributed by atoms with E-state index in [0.29, 0.717) is 0 Å². The molecule has 1 aliphatic rings. The largest absolute Gasteiger partial charge is 0.481 e. The van der Waals surface area contributed by atoms with Gasteiger partial charge in [-0.3, -0.25) is 14.9 Å². The first-order valence-electron chi connectivity index (χ1n) is 5.67. The molecule has 9 nitrogen and oxygen atoms in total. The summed E-state index contributed by atoms with van der Waals surface area (Å²) in [4.78, 5) is 21.5. The number of aryl methyl sites for hydroxylation is 2. The Hall–Kier alpha value is -2.16. The van der Waals surface area contributed by atoms with Crippen LogP contribution in [-0.2, 0) is 16.6 Å². The fourth-order valence-corrected chi connectivity index (χ4v) is 2.14. The maximum atomic E-state index is 11.0. The van der Waals surface area contributed by atoms with Crippen molar-refractivity contribution in [3.63, 3.8) is 0 Å². The second kappa shape index (κ2) is 4.84. The van der Waals surface area contributed by atoms with Crippen LogP contribution in [0.4, 0.5) is 11.5 Å². The van der Waals surface area contributed by atoms with Gasteiger partial charge >= 0.3 is 11.7 Å². The maximum absolute atomic E-state index is 11.0. The molecule has 1 fully saturated rings. The summed E-state index contributed by atoms with van der Waals surface area (Å²) in [6, 6.07) is -0.508. The van der Waals surface area contributed by atoms with Gasteiger partial charge in [0.1, 0.15) is 11.6 Å². The number of aromatic nitrogens is 2. The number of nitrogens with one attached hydrogen (secondary N) is 1. The SMILES string of the molecule is Cc1nn(C)c(NC2COCC2C(=O)O)c1[N+](=O)[O-]. The Kier molecular flexibility index (Phi) is 3.38. The predicted molar refractivity (Wildman–Crippen MR) is 64.0 cm³/mol. The number of rotatable bonds is 4. The van der Waals surface area contributed by atoms with Crippen LogP contribution in [0.5, 0.6) is 0 Å². The van der Waals surface area contributed by atoms with E-state index in [4.69, 9.17) is 9.84 Å². The Morgan fingerprint density at radius 1 is 1.63 bits per heavy atom. The van der Waals surface area contributed by atoms with Crippen LogP contribution >= 0.6 is 0 Å². The summed E-state index contributed by atoms with van der Waals surface area (Å²) in [6.45, 7) is 1.82. The average molecular weight is 270 g/mol. The lowest BCUT2D eigenvalue weighted by Crippen LogP contribution is -2.34. The second-order valence-corrected chi connectivity index (χ2v) is 4.40. The summed E-state index contributed by atoms with van der Waals surface area (Å²) in [5.74, 6) is -1.52. The molecule has 0 spiro atoms. The van der Waals surface area contributed by atoms with Crippen LogP contribution in [0.3, 0.4) is 0 Å². The van der Waals surface area contributed by atoms with Gasteiger partial charge in [0.25, 0.3) is 0 Å². The number of hydrogen-bond donors (Lipinski definition) is 2. The molecule has 1 aromatic rings. The Balaban J connectivity index is 2.28. The molecule has 9 heteroatoms. The van der Waals surface area contributed by atoms with E-state index < -0.39 is 22.9 Å². The summed E-state index contributed by atoms with van der Waals surface area (Å²) < 4.78 is 6.45. The third kappa shape index (κ3) is 2.36. The van der Waals surface area contributed by atoms with E-state index >= 15 is 0 Å². The van der Waals surface area contributed by atoms with Crippen molar-refractivity contribution < 1.29 is 19.6 Å². The first-order valence-corrected chi connectivity index (χ1v) is 5.67. The third-order valence-corrected chi connectivity index (χ3v) is 3.09. The molecule has 0 amide bonds. The van der Waals surface area contributed by atoms with Gasteiger partial charge in [0, 0.05) is 7.05 Å². The number of nitrogens with zero attached hydrogens (tertiary/aromatic N) is 3. The number of ether oxygens (including phenoxy) is 1. The van der Waals surface area contributed by atoms with E-state index in [1.807, 2.05) is 0 Å². The van der Waals surface area contributed by atoms with Crippen LogP contribution in [0.1, 0.15) is 5.69 Å². The first-order chi connectivity index (χ1) is 8.91. The standard InChI is InChI=1S/C10H14N4O5/c1-5-8(14(17)18)9(13(2)12-5)11-7-4-19-3-6(7)10(15)16/h6-7,11H,3-4H2,1-2H3,(H,15,16). The highest BCUT2D eigenvalue weighted by Crippen LogP contribution is 2.29. The van der Waals surface area contributed by atoms with Gasteiger partial charge in [0.2, 0.25) is 5.82 Å². The third-order valence-electron chi connectivity index (χ3n) is 3.09. The fraction of sp³-hybridized carbons (Fsp3) is 0.600. The number of anilines is 1. The van der Waals surface area contributed by atoms with Gasteiger partial charge in [0.15, 0.2) is 0 Å². The molecule has 0 aromatic carbocycles. The molecule has 0 bridgehead atoms. The molecule has 2 heterocycles. The topological polar surface area (TPSA) is 120 Å². The van der Waals surface area contributed by atoms with E-state index in [2.05, 4.69) is 10.4 Å². The summed E-state index contributed by atoms with van der Waals surface area (Å²) in [7, 11) is 1.56. The van der Waals surface area contributed by atoms with Crippen LogP contribution < -0.4 is 5.32 Å². The zero-order valence-electron chi connectivity index (χ0n) is 10.5. The zero-order chi connectivity index (χ0) is 14.2. The van der Waals surface area contributed by atoms with E-state index in [0.717, 1.165) is 0 Å². The number of carboxylic acid groups (broad SMARTS) is 1. The Labute approximate surface area is 108 Å². The minimum Gasteiger partial charge on any atom is -0.481 e. The molecule has 0 saturated carbocycles. The monoisotopic (exact) mass is 270 g/mol. The lowest BCUT2D eigenvalue weighted by atomic mass is 10.0. The molecule has 0 radical (unpaired) electrons. The van der Waals surface area contributed by atoms with Gasteiger partial charge in [-0.15, -0.1) is 0 Å². The quantitative estimate of drug-likeness (QED) is 0.590. The van der Waals surface area contributed by atoms with Crippen molar-refractivity contribution in [3.05, 3.63) is 15.8 Å². The van der Waals surface area contributed by atoms with Crippen molar-refractivity contribution in [1.29, 1.82) is 0 Å². The maximum Gasteiger partial charge on any atom is 0.333 e. The zero-order valence-corrected chi connectivity index (χ0v) is 10.5. The van der Waals surface area contributed by atoms with Crippen molar-refractivity contribution in [2.45, 2.75) is 13.0 Å². The highest BCUT2D eigenvalue weighted by molar-refractivity contribution is 5.73. The average Bonchev–Trinajstić information content (AvgIpc) is 2.85. The van der Waals surface area contributed by atoms with Crippen LogP contribution in [0.2, 0.25) is 0 Å². The van der Waals surface area contributed by atoms with E-state index in [1.165, 1.54) is 11.6 Å². The van der Waals surface area contributed by atoms with E-state index in [1.54, 1.807) is 7.05 Å². The summed E-state index contributed by atoms with van der Waals surface area (Å²) in [5.41, 5.74) is 0.138. The van der Waals surface area contributed by atoms with Crippen molar-refractivity contribution in [2.75, 3.05) is 18.5 Å².